The Morgan fingerprint density at radius 3 is 2.52 bits per heavy atom. The first-order valence-electron chi connectivity index (χ1n) is 9.72. The van der Waals surface area contributed by atoms with Crippen molar-refractivity contribution in [3.05, 3.63) is 89.5 Å². The lowest BCUT2D eigenvalue weighted by Gasteiger charge is -2.20. The van der Waals surface area contributed by atoms with E-state index in [1.54, 1.807) is 35.2 Å². The van der Waals surface area contributed by atoms with Gasteiger partial charge in [-0.15, -0.1) is 0 Å². The molecular formula is C24H22N2O3. The Morgan fingerprint density at radius 1 is 0.966 bits per heavy atom. The summed E-state index contributed by atoms with van der Waals surface area (Å²) in [7, 11) is 0. The largest absolute Gasteiger partial charge is 0.454 e. The molecule has 3 aromatic carbocycles. The molecular weight excluding hydrogens is 364 g/mol. The van der Waals surface area contributed by atoms with Gasteiger partial charge >= 0.3 is 0 Å². The highest BCUT2D eigenvalue weighted by Gasteiger charge is 2.27. The van der Waals surface area contributed by atoms with E-state index >= 15 is 0 Å². The summed E-state index contributed by atoms with van der Waals surface area (Å²) in [5, 5.41) is 2.95. The molecule has 0 atom stereocenters. The summed E-state index contributed by atoms with van der Waals surface area (Å²) in [5.41, 5.74) is 2.78. The third-order valence-electron chi connectivity index (χ3n) is 4.95. The van der Waals surface area contributed by atoms with Crippen LogP contribution in [0.3, 0.4) is 0 Å². The smallest absolute Gasteiger partial charge is 0.262 e. The van der Waals surface area contributed by atoms with E-state index < -0.39 is 0 Å². The molecule has 0 unspecified atom stereocenters. The molecule has 0 spiro atoms. The van der Waals surface area contributed by atoms with Gasteiger partial charge in [-0.2, -0.15) is 0 Å². The maximum atomic E-state index is 13.0. The number of rotatable bonds is 5. The third kappa shape index (κ3) is 3.85. The molecule has 0 bridgehead atoms. The van der Waals surface area contributed by atoms with E-state index in [0.29, 0.717) is 41.4 Å². The second kappa shape index (κ2) is 8.19. The number of hydrogen-bond donors (Lipinski definition) is 1. The Kier molecular flexibility index (Phi) is 5.29. The number of fused-ring (bicyclic) bond motifs is 2. The molecule has 1 heterocycles. The summed E-state index contributed by atoms with van der Waals surface area (Å²) in [6, 6.07) is 22.4. The molecule has 0 radical (unpaired) electrons. The maximum Gasteiger partial charge on any atom is 0.262 e. The minimum atomic E-state index is -0.172. The number of para-hydroxylation sites is 1. The number of hydrogen-bond acceptors (Lipinski definition) is 3. The van der Waals surface area contributed by atoms with Gasteiger partial charge in [0.2, 0.25) is 0 Å². The van der Waals surface area contributed by atoms with Crippen LogP contribution in [0.4, 0.5) is 5.69 Å². The SMILES string of the molecule is CCN1C(=O)c2ccccc2Oc2ccc(C(=O)NCCc3ccccc3)cc21. The minimum Gasteiger partial charge on any atom is -0.454 e. The Bertz CT molecular complexity index is 1050. The van der Waals surface area contributed by atoms with Gasteiger partial charge in [0.15, 0.2) is 5.75 Å². The van der Waals surface area contributed by atoms with Crippen molar-refractivity contribution in [3.8, 4) is 11.5 Å². The standard InChI is InChI=1S/C24H22N2O3/c1-2-26-20-16-18(23(27)25-15-14-17-8-4-3-5-9-17)12-13-22(20)29-21-11-7-6-10-19(21)24(26)28/h3-13,16H,2,14-15H2,1H3,(H,25,27). The zero-order valence-electron chi connectivity index (χ0n) is 16.2. The van der Waals surface area contributed by atoms with Crippen LogP contribution in [-0.2, 0) is 6.42 Å². The van der Waals surface area contributed by atoms with Crippen LogP contribution in [0.2, 0.25) is 0 Å². The zero-order chi connectivity index (χ0) is 20.2. The molecule has 1 aliphatic rings. The fourth-order valence-electron chi connectivity index (χ4n) is 3.44. The average Bonchev–Trinajstić information content (AvgIpc) is 2.87. The number of carbonyl (C=O) groups excluding carboxylic acids is 2. The number of carbonyl (C=O) groups is 2. The molecule has 3 aromatic rings. The molecule has 4 rings (SSSR count). The Morgan fingerprint density at radius 2 is 1.72 bits per heavy atom. The van der Waals surface area contributed by atoms with Crippen LogP contribution in [0, 0.1) is 0 Å². The van der Waals surface area contributed by atoms with Gasteiger partial charge in [0.1, 0.15) is 5.75 Å². The number of benzene rings is 3. The summed E-state index contributed by atoms with van der Waals surface area (Å²) in [5.74, 6) is 0.776. The predicted octanol–water partition coefficient (Wildman–Crippen LogP) is 4.43. The quantitative estimate of drug-likeness (QED) is 0.706. The van der Waals surface area contributed by atoms with Gasteiger partial charge in [0.05, 0.1) is 11.3 Å². The van der Waals surface area contributed by atoms with Crippen molar-refractivity contribution in [2.75, 3.05) is 18.0 Å². The fraction of sp³-hybridized carbons (Fsp3) is 0.167. The topological polar surface area (TPSA) is 58.6 Å². The number of nitrogens with one attached hydrogen (secondary N) is 1. The average molecular weight is 386 g/mol. The van der Waals surface area contributed by atoms with Gasteiger partial charge in [-0.05, 0) is 49.2 Å². The first kappa shape index (κ1) is 18.7. The lowest BCUT2D eigenvalue weighted by molar-refractivity contribution is 0.0951. The number of nitrogens with zero attached hydrogens (tertiary/aromatic N) is 1. The minimum absolute atomic E-state index is 0.136. The molecule has 5 heteroatoms. The van der Waals surface area contributed by atoms with Crippen LogP contribution in [0.25, 0.3) is 0 Å². The normalized spacial score (nSPS) is 12.4. The fourth-order valence-corrected chi connectivity index (χ4v) is 3.44. The molecule has 0 aliphatic carbocycles. The van der Waals surface area contributed by atoms with Gasteiger partial charge < -0.3 is 15.0 Å². The summed E-state index contributed by atoms with van der Waals surface area (Å²) >= 11 is 0. The van der Waals surface area contributed by atoms with Crippen molar-refractivity contribution in [2.24, 2.45) is 0 Å². The highest BCUT2D eigenvalue weighted by molar-refractivity contribution is 6.10. The second-order valence-corrected chi connectivity index (χ2v) is 6.82. The summed E-state index contributed by atoms with van der Waals surface area (Å²) in [6.45, 7) is 2.92. The number of anilines is 1. The summed E-state index contributed by atoms with van der Waals surface area (Å²) < 4.78 is 5.98. The first-order chi connectivity index (χ1) is 14.2. The van der Waals surface area contributed by atoms with E-state index in [2.05, 4.69) is 5.32 Å². The van der Waals surface area contributed by atoms with E-state index in [0.717, 1.165) is 6.42 Å². The molecule has 0 aromatic heterocycles. The van der Waals surface area contributed by atoms with Crippen LogP contribution in [0.5, 0.6) is 11.5 Å². The Hall–Kier alpha value is -3.60. The van der Waals surface area contributed by atoms with E-state index in [1.165, 1.54) is 5.56 Å². The molecule has 1 aliphatic heterocycles. The van der Waals surface area contributed by atoms with Crippen molar-refractivity contribution in [2.45, 2.75) is 13.3 Å². The van der Waals surface area contributed by atoms with Gasteiger partial charge in [0, 0.05) is 18.7 Å². The maximum absolute atomic E-state index is 13.0. The summed E-state index contributed by atoms with van der Waals surface area (Å²) in [6.07, 6.45) is 0.759. The number of ether oxygens (including phenoxy) is 1. The van der Waals surface area contributed by atoms with Crippen molar-refractivity contribution in [1.82, 2.24) is 5.32 Å². The van der Waals surface area contributed by atoms with Gasteiger partial charge in [0.25, 0.3) is 11.8 Å². The summed E-state index contributed by atoms with van der Waals surface area (Å²) in [4.78, 5) is 27.3. The molecule has 29 heavy (non-hydrogen) atoms. The van der Waals surface area contributed by atoms with E-state index in [1.807, 2.05) is 49.4 Å². The van der Waals surface area contributed by atoms with Gasteiger partial charge in [-0.1, -0.05) is 42.5 Å². The Labute approximate surface area is 169 Å². The van der Waals surface area contributed by atoms with Crippen LogP contribution >= 0.6 is 0 Å². The highest BCUT2D eigenvalue weighted by Crippen LogP contribution is 2.39. The van der Waals surface area contributed by atoms with Crippen molar-refractivity contribution in [3.63, 3.8) is 0 Å². The van der Waals surface area contributed by atoms with Crippen molar-refractivity contribution >= 4 is 17.5 Å². The third-order valence-corrected chi connectivity index (χ3v) is 4.95. The molecule has 0 saturated carbocycles. The highest BCUT2D eigenvalue weighted by atomic mass is 16.5. The second-order valence-electron chi connectivity index (χ2n) is 6.82. The van der Waals surface area contributed by atoms with Crippen molar-refractivity contribution in [1.29, 1.82) is 0 Å². The zero-order valence-corrected chi connectivity index (χ0v) is 16.2. The van der Waals surface area contributed by atoms with Crippen LogP contribution < -0.4 is 15.0 Å². The first-order valence-corrected chi connectivity index (χ1v) is 9.72. The molecule has 0 saturated heterocycles. The monoisotopic (exact) mass is 386 g/mol. The molecule has 2 amide bonds. The number of amides is 2. The van der Waals surface area contributed by atoms with Crippen LogP contribution in [0.15, 0.2) is 72.8 Å². The van der Waals surface area contributed by atoms with E-state index in [-0.39, 0.29) is 11.8 Å². The van der Waals surface area contributed by atoms with Crippen LogP contribution in [0.1, 0.15) is 33.2 Å². The molecule has 0 fully saturated rings. The molecule has 5 nitrogen and oxygen atoms in total. The van der Waals surface area contributed by atoms with Crippen molar-refractivity contribution < 1.29 is 14.3 Å². The molecule has 146 valence electrons. The molecule has 1 N–H and O–H groups in total. The van der Waals surface area contributed by atoms with Gasteiger partial charge in [-0.3, -0.25) is 9.59 Å². The van der Waals surface area contributed by atoms with E-state index in [4.69, 9.17) is 4.74 Å². The van der Waals surface area contributed by atoms with Crippen LogP contribution in [-0.4, -0.2) is 24.9 Å². The lowest BCUT2D eigenvalue weighted by atomic mass is 10.1. The Balaban J connectivity index is 1.55. The van der Waals surface area contributed by atoms with Gasteiger partial charge in [-0.25, -0.2) is 0 Å². The van der Waals surface area contributed by atoms with E-state index in [9.17, 15) is 9.59 Å². The lowest BCUT2D eigenvalue weighted by Crippen LogP contribution is -2.30. The predicted molar refractivity (Wildman–Crippen MR) is 113 cm³/mol.